The molecule has 1 aromatic heterocycles. The first-order valence-corrected chi connectivity index (χ1v) is 8.86. The number of rotatable bonds is 3. The minimum Gasteiger partial charge on any atom is -0.393 e. The predicted molar refractivity (Wildman–Crippen MR) is 104 cm³/mol. The third-order valence-corrected chi connectivity index (χ3v) is 4.98. The number of aromatic nitrogens is 2. The molecule has 128 valence electrons. The lowest BCUT2D eigenvalue weighted by Gasteiger charge is -2.35. The Morgan fingerprint density at radius 3 is 2.80 bits per heavy atom. The first kappa shape index (κ1) is 15.7. The Morgan fingerprint density at radius 2 is 1.92 bits per heavy atom. The van der Waals surface area contributed by atoms with E-state index in [9.17, 15) is 0 Å². The van der Waals surface area contributed by atoms with Crippen LogP contribution in [0.1, 0.15) is 26.2 Å². The second kappa shape index (κ2) is 6.59. The number of nitrogens with one attached hydrogen (secondary N) is 1. The first-order valence-electron chi connectivity index (χ1n) is 8.86. The van der Waals surface area contributed by atoms with E-state index >= 15 is 0 Å². The summed E-state index contributed by atoms with van der Waals surface area (Å²) in [5.74, 6) is 1.50. The zero-order valence-corrected chi connectivity index (χ0v) is 14.4. The fourth-order valence-electron chi connectivity index (χ4n) is 3.59. The minimum absolute atomic E-state index is 0.455. The smallest absolute Gasteiger partial charge is 0.159 e. The molecule has 0 radical (unpaired) electrons. The number of fused-ring (bicyclic) bond motifs is 1. The summed E-state index contributed by atoms with van der Waals surface area (Å²) in [5.41, 5.74) is 8.06. The maximum absolute atomic E-state index is 6.44. The molecular weight excluding hydrogens is 310 g/mol. The molecule has 2 aromatic carbocycles. The van der Waals surface area contributed by atoms with Crippen LogP contribution in [0.5, 0.6) is 0 Å². The molecule has 3 aromatic rings. The van der Waals surface area contributed by atoms with E-state index < -0.39 is 0 Å². The van der Waals surface area contributed by atoms with Crippen LogP contribution in [0.4, 0.5) is 23.0 Å². The van der Waals surface area contributed by atoms with Crippen molar-refractivity contribution in [2.24, 2.45) is 0 Å². The van der Waals surface area contributed by atoms with E-state index in [2.05, 4.69) is 45.3 Å². The molecular formula is C20H23N5. The van der Waals surface area contributed by atoms with Crippen LogP contribution in [0, 0.1) is 0 Å². The quantitative estimate of drug-likeness (QED) is 0.746. The molecule has 1 atom stereocenters. The van der Waals surface area contributed by atoms with Crippen molar-refractivity contribution in [3.8, 4) is 0 Å². The van der Waals surface area contributed by atoms with Gasteiger partial charge in [-0.15, -0.1) is 0 Å². The SMILES string of the molecule is CC1CCCCN1c1ncnc(Nc2cccc3ccccc23)c1N. The van der Waals surface area contributed by atoms with Gasteiger partial charge in [0.2, 0.25) is 0 Å². The van der Waals surface area contributed by atoms with Crippen molar-refractivity contribution in [3.05, 3.63) is 48.8 Å². The summed E-state index contributed by atoms with van der Waals surface area (Å²) in [6, 6.07) is 14.9. The molecule has 1 aliphatic heterocycles. The molecule has 1 aliphatic rings. The van der Waals surface area contributed by atoms with Crippen molar-refractivity contribution in [2.45, 2.75) is 32.2 Å². The lowest BCUT2D eigenvalue weighted by Crippen LogP contribution is -2.38. The van der Waals surface area contributed by atoms with Crippen molar-refractivity contribution in [1.82, 2.24) is 9.97 Å². The van der Waals surface area contributed by atoms with Gasteiger partial charge in [0.15, 0.2) is 11.6 Å². The number of nitrogen functional groups attached to an aromatic ring is 1. The number of nitrogens with two attached hydrogens (primary N) is 1. The highest BCUT2D eigenvalue weighted by Crippen LogP contribution is 2.33. The fraction of sp³-hybridized carbons (Fsp3) is 0.300. The van der Waals surface area contributed by atoms with Crippen LogP contribution in [0.2, 0.25) is 0 Å². The Balaban J connectivity index is 1.70. The Labute approximate surface area is 147 Å². The van der Waals surface area contributed by atoms with Crippen molar-refractivity contribution in [3.63, 3.8) is 0 Å². The van der Waals surface area contributed by atoms with Crippen molar-refractivity contribution in [1.29, 1.82) is 0 Å². The van der Waals surface area contributed by atoms with E-state index in [1.54, 1.807) is 6.33 Å². The number of hydrogen-bond donors (Lipinski definition) is 2. The summed E-state index contributed by atoms with van der Waals surface area (Å²) in [6.45, 7) is 3.23. The standard InChI is InChI=1S/C20H23N5/c1-14-7-4-5-12-25(14)20-18(21)19(22-13-23-20)24-17-11-6-9-15-8-2-3-10-16(15)17/h2-3,6,8-11,13-14H,4-5,7,12,21H2,1H3,(H,22,23,24). The predicted octanol–water partition coefficient (Wildman–Crippen LogP) is 4.33. The molecule has 1 fully saturated rings. The number of anilines is 4. The third-order valence-electron chi connectivity index (χ3n) is 4.98. The molecule has 1 saturated heterocycles. The monoisotopic (exact) mass is 333 g/mol. The van der Waals surface area contributed by atoms with Gasteiger partial charge in [-0.3, -0.25) is 0 Å². The average molecular weight is 333 g/mol. The molecule has 0 amide bonds. The molecule has 5 heteroatoms. The van der Waals surface area contributed by atoms with Crippen molar-refractivity contribution < 1.29 is 0 Å². The van der Waals surface area contributed by atoms with E-state index in [1.165, 1.54) is 24.6 Å². The van der Waals surface area contributed by atoms with Crippen LogP contribution >= 0.6 is 0 Å². The van der Waals surface area contributed by atoms with Crippen LogP contribution in [-0.2, 0) is 0 Å². The van der Waals surface area contributed by atoms with Crippen LogP contribution in [0.25, 0.3) is 10.8 Å². The van der Waals surface area contributed by atoms with E-state index in [4.69, 9.17) is 5.73 Å². The molecule has 5 nitrogen and oxygen atoms in total. The average Bonchev–Trinajstić information content (AvgIpc) is 2.64. The number of hydrogen-bond acceptors (Lipinski definition) is 5. The van der Waals surface area contributed by atoms with Crippen LogP contribution in [0.3, 0.4) is 0 Å². The van der Waals surface area contributed by atoms with Gasteiger partial charge in [0.05, 0.1) is 0 Å². The second-order valence-corrected chi connectivity index (χ2v) is 6.65. The number of piperidine rings is 1. The highest BCUT2D eigenvalue weighted by molar-refractivity contribution is 5.96. The molecule has 4 rings (SSSR count). The normalized spacial score (nSPS) is 17.6. The lowest BCUT2D eigenvalue weighted by molar-refractivity contribution is 0.481. The fourth-order valence-corrected chi connectivity index (χ4v) is 3.59. The Hall–Kier alpha value is -2.82. The maximum atomic E-state index is 6.44. The van der Waals surface area contributed by atoms with E-state index in [0.29, 0.717) is 17.5 Å². The summed E-state index contributed by atoms with van der Waals surface area (Å²) in [6.07, 6.45) is 5.22. The van der Waals surface area contributed by atoms with Gasteiger partial charge in [0.25, 0.3) is 0 Å². The molecule has 1 unspecified atom stereocenters. The molecule has 2 heterocycles. The minimum atomic E-state index is 0.455. The van der Waals surface area contributed by atoms with Gasteiger partial charge in [-0.2, -0.15) is 0 Å². The number of benzene rings is 2. The Bertz CT molecular complexity index is 887. The highest BCUT2D eigenvalue weighted by Gasteiger charge is 2.23. The van der Waals surface area contributed by atoms with Crippen LogP contribution in [0.15, 0.2) is 48.8 Å². The van der Waals surface area contributed by atoms with Gasteiger partial charge in [-0.05, 0) is 37.6 Å². The van der Waals surface area contributed by atoms with E-state index in [-0.39, 0.29) is 0 Å². The van der Waals surface area contributed by atoms with Crippen molar-refractivity contribution >= 4 is 33.8 Å². The summed E-state index contributed by atoms with van der Waals surface area (Å²) in [4.78, 5) is 11.2. The third kappa shape index (κ3) is 2.97. The Kier molecular flexibility index (Phi) is 4.14. The Morgan fingerprint density at radius 1 is 1.08 bits per heavy atom. The van der Waals surface area contributed by atoms with Crippen LogP contribution < -0.4 is 16.0 Å². The second-order valence-electron chi connectivity index (χ2n) is 6.65. The van der Waals surface area contributed by atoms with Crippen molar-refractivity contribution in [2.75, 3.05) is 22.5 Å². The van der Waals surface area contributed by atoms with E-state index in [0.717, 1.165) is 23.4 Å². The van der Waals surface area contributed by atoms with Gasteiger partial charge in [-0.1, -0.05) is 36.4 Å². The van der Waals surface area contributed by atoms with E-state index in [1.807, 2.05) is 24.3 Å². The molecule has 3 N–H and O–H groups in total. The largest absolute Gasteiger partial charge is 0.393 e. The lowest BCUT2D eigenvalue weighted by atomic mass is 10.0. The summed E-state index contributed by atoms with van der Waals surface area (Å²) < 4.78 is 0. The molecule has 0 spiro atoms. The summed E-state index contributed by atoms with van der Waals surface area (Å²) in [7, 11) is 0. The first-order chi connectivity index (χ1) is 12.2. The van der Waals surface area contributed by atoms with Gasteiger partial charge in [0, 0.05) is 23.7 Å². The van der Waals surface area contributed by atoms with Crippen LogP contribution in [-0.4, -0.2) is 22.6 Å². The number of nitrogens with zero attached hydrogens (tertiary/aromatic N) is 3. The zero-order chi connectivity index (χ0) is 17.2. The topological polar surface area (TPSA) is 67.1 Å². The van der Waals surface area contributed by atoms with Gasteiger partial charge >= 0.3 is 0 Å². The maximum Gasteiger partial charge on any atom is 0.159 e. The molecule has 25 heavy (non-hydrogen) atoms. The van der Waals surface area contributed by atoms with Gasteiger partial charge in [0.1, 0.15) is 12.0 Å². The highest BCUT2D eigenvalue weighted by atomic mass is 15.2. The van der Waals surface area contributed by atoms with Gasteiger partial charge < -0.3 is 16.0 Å². The van der Waals surface area contributed by atoms with Gasteiger partial charge in [-0.25, -0.2) is 9.97 Å². The molecule has 0 saturated carbocycles. The molecule has 0 aliphatic carbocycles. The molecule has 0 bridgehead atoms. The summed E-state index contributed by atoms with van der Waals surface area (Å²) in [5, 5.41) is 5.74. The summed E-state index contributed by atoms with van der Waals surface area (Å²) >= 11 is 0. The zero-order valence-electron chi connectivity index (χ0n) is 14.4.